The number of pyridine rings is 1. The lowest BCUT2D eigenvalue weighted by atomic mass is 10.2. The number of benzene rings is 1. The number of rotatable bonds is 2. The van der Waals surface area contributed by atoms with Gasteiger partial charge in [0, 0.05) is 12.1 Å². The van der Waals surface area contributed by atoms with Gasteiger partial charge in [-0.05, 0) is 11.6 Å². The van der Waals surface area contributed by atoms with Crippen LogP contribution >= 0.6 is 0 Å². The summed E-state index contributed by atoms with van der Waals surface area (Å²) in [7, 11) is 0. The van der Waals surface area contributed by atoms with Gasteiger partial charge in [-0.2, -0.15) is 0 Å². The molecule has 0 spiro atoms. The Hall–Kier alpha value is -2.29. The van der Waals surface area contributed by atoms with Gasteiger partial charge in [0.15, 0.2) is 12.4 Å². The highest BCUT2D eigenvalue weighted by Gasteiger charge is 2.10. The molecule has 2 N–H and O–H groups in total. The van der Waals surface area contributed by atoms with E-state index in [0.717, 1.165) is 5.56 Å². The lowest BCUT2D eigenvalue weighted by molar-refractivity contribution is -0.577. The molecule has 1 aromatic heterocycles. The molecular weight excluding hydrogens is 202 g/mol. The van der Waals surface area contributed by atoms with Crippen LogP contribution in [0.15, 0.2) is 48.7 Å². The van der Waals surface area contributed by atoms with E-state index in [2.05, 4.69) is 0 Å². The van der Waals surface area contributed by atoms with Crippen molar-refractivity contribution in [3.8, 4) is 11.6 Å². The summed E-state index contributed by atoms with van der Waals surface area (Å²) in [5.74, 6) is -0.310. The van der Waals surface area contributed by atoms with Gasteiger partial charge in [-0.25, -0.2) is 0 Å². The van der Waals surface area contributed by atoms with Gasteiger partial charge in [0.1, 0.15) is 0 Å². The lowest BCUT2D eigenvalue weighted by Crippen LogP contribution is -2.24. The van der Waals surface area contributed by atoms with Gasteiger partial charge in [-0.3, -0.25) is 0 Å². The molecule has 16 heavy (non-hydrogen) atoms. The molecule has 3 heteroatoms. The summed E-state index contributed by atoms with van der Waals surface area (Å²) in [5, 5.41) is 18.8. The number of aromatic hydroxyl groups is 2. The van der Waals surface area contributed by atoms with E-state index < -0.39 is 0 Å². The normalized spacial score (nSPS) is 10.8. The van der Waals surface area contributed by atoms with Crippen LogP contribution in [0.4, 0.5) is 0 Å². The highest BCUT2D eigenvalue weighted by atomic mass is 16.3. The molecule has 3 nitrogen and oxygen atoms in total. The van der Waals surface area contributed by atoms with Crippen molar-refractivity contribution in [1.29, 1.82) is 0 Å². The van der Waals surface area contributed by atoms with Crippen molar-refractivity contribution >= 4 is 12.3 Å². The SMILES string of the molecule is Oc1ccc[n+](C=Cc2ccccc2)c1O. The summed E-state index contributed by atoms with van der Waals surface area (Å²) >= 11 is 0. The minimum absolute atomic E-state index is 0.139. The fourth-order valence-corrected chi connectivity index (χ4v) is 1.36. The van der Waals surface area contributed by atoms with E-state index in [1.54, 1.807) is 18.5 Å². The van der Waals surface area contributed by atoms with Crippen LogP contribution in [0.1, 0.15) is 5.56 Å². The molecule has 0 atom stereocenters. The lowest BCUT2D eigenvalue weighted by Gasteiger charge is -1.94. The molecule has 0 radical (unpaired) electrons. The van der Waals surface area contributed by atoms with E-state index in [4.69, 9.17) is 0 Å². The summed E-state index contributed by atoms with van der Waals surface area (Å²) in [5.41, 5.74) is 1.03. The minimum Gasteiger partial charge on any atom is -0.500 e. The second-order valence-electron chi connectivity index (χ2n) is 3.35. The Morgan fingerprint density at radius 2 is 1.69 bits per heavy atom. The Bertz CT molecular complexity index is 507. The maximum absolute atomic E-state index is 9.54. The van der Waals surface area contributed by atoms with E-state index in [1.165, 1.54) is 10.6 Å². The highest BCUT2D eigenvalue weighted by Crippen LogP contribution is 2.17. The Kier molecular flexibility index (Phi) is 2.87. The molecule has 0 saturated carbocycles. The molecule has 1 heterocycles. The van der Waals surface area contributed by atoms with Crippen LogP contribution in [0.25, 0.3) is 12.3 Å². The predicted octanol–water partition coefficient (Wildman–Crippen LogP) is 2.01. The molecule has 0 saturated heterocycles. The van der Waals surface area contributed by atoms with Crippen LogP contribution in [0.2, 0.25) is 0 Å². The Morgan fingerprint density at radius 1 is 0.938 bits per heavy atom. The molecule has 0 unspecified atom stereocenters. The van der Waals surface area contributed by atoms with Gasteiger partial charge in [0.05, 0.1) is 0 Å². The monoisotopic (exact) mass is 214 g/mol. The second-order valence-corrected chi connectivity index (χ2v) is 3.35. The van der Waals surface area contributed by atoms with Crippen molar-refractivity contribution in [1.82, 2.24) is 0 Å². The summed E-state index contributed by atoms with van der Waals surface area (Å²) < 4.78 is 1.45. The predicted molar refractivity (Wildman–Crippen MR) is 61.6 cm³/mol. The first-order valence-electron chi connectivity index (χ1n) is 4.93. The molecule has 0 aliphatic heterocycles. The molecule has 2 aromatic rings. The van der Waals surface area contributed by atoms with Crippen molar-refractivity contribution in [2.45, 2.75) is 0 Å². The highest BCUT2D eigenvalue weighted by molar-refractivity contribution is 5.56. The fraction of sp³-hybridized carbons (Fsp3) is 0. The zero-order valence-corrected chi connectivity index (χ0v) is 8.62. The zero-order chi connectivity index (χ0) is 11.4. The van der Waals surface area contributed by atoms with Gasteiger partial charge in [-0.1, -0.05) is 30.3 Å². The van der Waals surface area contributed by atoms with E-state index in [-0.39, 0.29) is 11.6 Å². The summed E-state index contributed by atoms with van der Waals surface area (Å²) in [6, 6.07) is 12.8. The van der Waals surface area contributed by atoms with Crippen LogP contribution in [-0.2, 0) is 0 Å². The molecule has 80 valence electrons. The molecule has 0 aliphatic rings. The smallest absolute Gasteiger partial charge is 0.414 e. The van der Waals surface area contributed by atoms with Crippen LogP contribution in [0, 0.1) is 0 Å². The number of aromatic nitrogens is 1. The average Bonchev–Trinajstić information content (AvgIpc) is 2.32. The largest absolute Gasteiger partial charge is 0.500 e. The Labute approximate surface area is 93.5 Å². The molecular formula is C13H12NO2+. The second kappa shape index (κ2) is 4.49. The topological polar surface area (TPSA) is 44.3 Å². The summed E-state index contributed by atoms with van der Waals surface area (Å²) in [6.07, 6.45) is 5.19. The summed E-state index contributed by atoms with van der Waals surface area (Å²) in [6.45, 7) is 0. The molecule has 2 rings (SSSR count). The van der Waals surface area contributed by atoms with Gasteiger partial charge in [0.25, 0.3) is 0 Å². The third-order valence-electron chi connectivity index (χ3n) is 2.20. The third-order valence-corrected chi connectivity index (χ3v) is 2.20. The van der Waals surface area contributed by atoms with Crippen molar-refractivity contribution in [3.05, 3.63) is 54.2 Å². The first-order valence-corrected chi connectivity index (χ1v) is 4.93. The van der Waals surface area contributed by atoms with Crippen molar-refractivity contribution in [2.75, 3.05) is 0 Å². The zero-order valence-electron chi connectivity index (χ0n) is 8.62. The molecule has 0 amide bonds. The average molecular weight is 214 g/mol. The Morgan fingerprint density at radius 3 is 2.44 bits per heavy atom. The van der Waals surface area contributed by atoms with Crippen LogP contribution < -0.4 is 4.57 Å². The third kappa shape index (κ3) is 2.20. The number of hydrogen-bond donors (Lipinski definition) is 2. The van der Waals surface area contributed by atoms with Gasteiger partial charge >= 0.3 is 5.88 Å². The fourth-order valence-electron chi connectivity index (χ4n) is 1.36. The molecule has 0 fully saturated rings. The minimum atomic E-state index is -0.172. The van der Waals surface area contributed by atoms with Crippen molar-refractivity contribution < 1.29 is 14.8 Å². The standard InChI is InChI=1S/C13H11NO2/c15-12-7-4-9-14(13(12)16)10-8-11-5-2-1-3-6-11/h1-10,15H/p+1. The van der Waals surface area contributed by atoms with E-state index >= 15 is 0 Å². The maximum atomic E-state index is 9.54. The number of hydrogen-bond acceptors (Lipinski definition) is 2. The van der Waals surface area contributed by atoms with E-state index in [9.17, 15) is 10.2 Å². The van der Waals surface area contributed by atoms with E-state index in [1.807, 2.05) is 36.4 Å². The van der Waals surface area contributed by atoms with E-state index in [0.29, 0.717) is 0 Å². The van der Waals surface area contributed by atoms with Crippen LogP contribution in [-0.4, -0.2) is 10.2 Å². The van der Waals surface area contributed by atoms with Gasteiger partial charge < -0.3 is 10.2 Å². The quantitative estimate of drug-likeness (QED) is 0.751. The summed E-state index contributed by atoms with van der Waals surface area (Å²) in [4.78, 5) is 0. The molecule has 0 bridgehead atoms. The van der Waals surface area contributed by atoms with Gasteiger partial charge in [0.2, 0.25) is 5.75 Å². The van der Waals surface area contributed by atoms with Crippen molar-refractivity contribution in [2.24, 2.45) is 0 Å². The van der Waals surface area contributed by atoms with Crippen LogP contribution in [0.3, 0.4) is 0 Å². The first-order chi connectivity index (χ1) is 7.77. The maximum Gasteiger partial charge on any atom is 0.414 e. The number of nitrogens with zero attached hydrogens (tertiary/aromatic N) is 1. The molecule has 0 aliphatic carbocycles. The first kappa shape index (κ1) is 10.2. The van der Waals surface area contributed by atoms with Gasteiger partial charge in [-0.15, -0.1) is 4.57 Å². The van der Waals surface area contributed by atoms with Crippen molar-refractivity contribution in [3.63, 3.8) is 0 Å². The van der Waals surface area contributed by atoms with Crippen LogP contribution in [0.5, 0.6) is 11.6 Å². The Balaban J connectivity index is 2.28. The molecule has 1 aromatic carbocycles.